The highest BCUT2D eigenvalue weighted by molar-refractivity contribution is 7.91. The molecule has 1 aromatic carbocycles. The van der Waals surface area contributed by atoms with Crippen molar-refractivity contribution < 1.29 is 13.2 Å². The van der Waals surface area contributed by atoms with E-state index in [0.29, 0.717) is 13.1 Å². The maximum absolute atomic E-state index is 12.1. The van der Waals surface area contributed by atoms with Gasteiger partial charge in [-0.1, -0.05) is 18.2 Å². The van der Waals surface area contributed by atoms with Gasteiger partial charge >= 0.3 is 0 Å². The quantitative estimate of drug-likeness (QED) is 0.711. The first-order valence-corrected chi connectivity index (χ1v) is 9.33. The second-order valence-corrected chi connectivity index (χ2v) is 7.46. The zero-order valence-electron chi connectivity index (χ0n) is 13.5. The Morgan fingerprint density at radius 2 is 1.88 bits per heavy atom. The Labute approximate surface area is 142 Å². The molecule has 1 heterocycles. The molecule has 0 saturated carbocycles. The van der Waals surface area contributed by atoms with Crippen molar-refractivity contribution in [3.63, 3.8) is 0 Å². The Kier molecular flexibility index (Phi) is 6.31. The molecule has 128 valence electrons. The fourth-order valence-corrected chi connectivity index (χ4v) is 3.39. The normalized spacial score (nSPS) is 11.0. The van der Waals surface area contributed by atoms with E-state index in [-0.39, 0.29) is 23.0 Å². The molecule has 2 N–H and O–H groups in total. The summed E-state index contributed by atoms with van der Waals surface area (Å²) in [6.45, 7) is 2.93. The number of hydrogen-bond donors (Lipinski definition) is 2. The molecule has 2 aromatic rings. The van der Waals surface area contributed by atoms with Gasteiger partial charge < -0.3 is 10.6 Å². The molecule has 24 heavy (non-hydrogen) atoms. The van der Waals surface area contributed by atoms with Crippen molar-refractivity contribution in [1.82, 2.24) is 10.3 Å². The molecule has 0 aliphatic carbocycles. The smallest absolute Gasteiger partial charge is 0.221 e. The van der Waals surface area contributed by atoms with E-state index in [0.717, 1.165) is 11.3 Å². The van der Waals surface area contributed by atoms with Gasteiger partial charge in [0.1, 0.15) is 0 Å². The predicted octanol–water partition coefficient (Wildman–Crippen LogP) is 1.78. The molecule has 0 unspecified atom stereocenters. The van der Waals surface area contributed by atoms with Crippen LogP contribution < -0.4 is 10.6 Å². The summed E-state index contributed by atoms with van der Waals surface area (Å²) in [5.41, 5.74) is 1.99. The lowest BCUT2D eigenvalue weighted by molar-refractivity contribution is -0.120. The number of anilines is 1. The van der Waals surface area contributed by atoms with Crippen molar-refractivity contribution in [3.05, 3.63) is 54.4 Å². The van der Waals surface area contributed by atoms with E-state index >= 15 is 0 Å². The summed E-state index contributed by atoms with van der Waals surface area (Å²) < 4.78 is 24.2. The highest BCUT2D eigenvalue weighted by Crippen LogP contribution is 2.11. The van der Waals surface area contributed by atoms with Crippen LogP contribution in [-0.4, -0.2) is 38.2 Å². The first-order chi connectivity index (χ1) is 11.5. The fraction of sp³-hybridized carbons (Fsp3) is 0.294. The molecule has 1 aromatic heterocycles. The van der Waals surface area contributed by atoms with Gasteiger partial charge in [-0.3, -0.25) is 9.78 Å². The van der Waals surface area contributed by atoms with Crippen molar-refractivity contribution in [1.29, 1.82) is 0 Å². The second kappa shape index (κ2) is 8.44. The van der Waals surface area contributed by atoms with Crippen LogP contribution in [0.4, 0.5) is 5.69 Å². The van der Waals surface area contributed by atoms with E-state index in [9.17, 15) is 13.2 Å². The molecule has 7 heteroatoms. The molecule has 0 aliphatic heterocycles. The molecule has 0 fully saturated rings. The van der Waals surface area contributed by atoms with Gasteiger partial charge in [0.2, 0.25) is 5.91 Å². The lowest BCUT2D eigenvalue weighted by Crippen LogP contribution is -2.30. The number of rotatable bonds is 8. The number of aryl methyl sites for hydroxylation is 1. The van der Waals surface area contributed by atoms with Crippen LogP contribution >= 0.6 is 0 Å². The second-order valence-electron chi connectivity index (χ2n) is 5.35. The van der Waals surface area contributed by atoms with E-state index in [1.807, 2.05) is 13.0 Å². The van der Waals surface area contributed by atoms with Gasteiger partial charge in [0.05, 0.1) is 10.6 Å². The highest BCUT2D eigenvalue weighted by Gasteiger charge is 2.15. The van der Waals surface area contributed by atoms with Gasteiger partial charge in [-0.2, -0.15) is 0 Å². The van der Waals surface area contributed by atoms with Gasteiger partial charge in [-0.05, 0) is 30.7 Å². The number of aromatic nitrogens is 1. The van der Waals surface area contributed by atoms with Crippen molar-refractivity contribution in [2.45, 2.75) is 18.2 Å². The average Bonchev–Trinajstić information content (AvgIpc) is 2.59. The number of carbonyl (C=O) groups is 1. The molecule has 0 saturated heterocycles. The molecule has 0 radical (unpaired) electrons. The highest BCUT2D eigenvalue weighted by atomic mass is 32.2. The number of hydrogen-bond acceptors (Lipinski definition) is 5. The zero-order valence-corrected chi connectivity index (χ0v) is 14.3. The molecular weight excluding hydrogens is 326 g/mol. The largest absolute Gasteiger partial charge is 0.383 e. The summed E-state index contributed by atoms with van der Waals surface area (Å²) in [6.07, 6.45) is 3.41. The van der Waals surface area contributed by atoms with E-state index < -0.39 is 9.84 Å². The summed E-state index contributed by atoms with van der Waals surface area (Å²) in [7, 11) is -3.42. The Hall–Kier alpha value is -2.41. The third-order valence-electron chi connectivity index (χ3n) is 3.48. The summed E-state index contributed by atoms with van der Waals surface area (Å²) >= 11 is 0. The summed E-state index contributed by atoms with van der Waals surface area (Å²) in [6, 6.07) is 10.0. The van der Waals surface area contributed by atoms with Crippen LogP contribution in [0, 0.1) is 6.92 Å². The molecular formula is C17H21N3O3S. The van der Waals surface area contributed by atoms with Crippen molar-refractivity contribution in [2.75, 3.05) is 24.2 Å². The van der Waals surface area contributed by atoms with E-state index in [2.05, 4.69) is 15.6 Å². The summed E-state index contributed by atoms with van der Waals surface area (Å²) in [4.78, 5) is 16.0. The monoisotopic (exact) mass is 347 g/mol. The summed E-state index contributed by atoms with van der Waals surface area (Å²) in [5, 5.41) is 5.91. The first kappa shape index (κ1) is 17.9. The number of carbonyl (C=O) groups excluding carboxylic acids is 1. The van der Waals surface area contributed by atoms with Crippen LogP contribution in [0.2, 0.25) is 0 Å². The third-order valence-corrected chi connectivity index (χ3v) is 5.22. The standard InChI is InChI=1S/C17H21N3O3S/c1-14-13-18-9-7-16(14)19-10-11-20-17(21)8-12-24(22,23)15-5-3-2-4-6-15/h2-7,9,13H,8,10-12H2,1H3,(H,18,19)(H,20,21). The molecule has 0 bridgehead atoms. The van der Waals surface area contributed by atoms with Gasteiger partial charge in [-0.15, -0.1) is 0 Å². The Morgan fingerprint density at radius 3 is 2.58 bits per heavy atom. The van der Waals surface area contributed by atoms with Crippen LogP contribution in [0.25, 0.3) is 0 Å². The van der Waals surface area contributed by atoms with Gasteiger partial charge in [-0.25, -0.2) is 8.42 Å². The molecule has 1 amide bonds. The van der Waals surface area contributed by atoms with Crippen LogP contribution in [0.3, 0.4) is 0 Å². The van der Waals surface area contributed by atoms with Gasteiger partial charge in [0.15, 0.2) is 9.84 Å². The molecule has 0 spiro atoms. The lowest BCUT2D eigenvalue weighted by atomic mass is 10.2. The number of nitrogens with zero attached hydrogens (tertiary/aromatic N) is 1. The molecule has 0 atom stereocenters. The topological polar surface area (TPSA) is 88.2 Å². The number of nitrogens with one attached hydrogen (secondary N) is 2. The number of pyridine rings is 1. The zero-order chi connectivity index (χ0) is 17.4. The Bertz CT molecular complexity index is 777. The molecule has 2 rings (SSSR count). The van der Waals surface area contributed by atoms with Crippen molar-refractivity contribution in [3.8, 4) is 0 Å². The first-order valence-electron chi connectivity index (χ1n) is 7.68. The maximum Gasteiger partial charge on any atom is 0.221 e. The minimum absolute atomic E-state index is 0.0501. The van der Waals surface area contributed by atoms with Crippen LogP contribution in [0.1, 0.15) is 12.0 Å². The van der Waals surface area contributed by atoms with E-state index in [1.54, 1.807) is 30.6 Å². The molecule has 0 aliphatic rings. The van der Waals surface area contributed by atoms with Crippen molar-refractivity contribution in [2.24, 2.45) is 0 Å². The lowest BCUT2D eigenvalue weighted by Gasteiger charge is -2.10. The van der Waals surface area contributed by atoms with Crippen LogP contribution in [-0.2, 0) is 14.6 Å². The third kappa shape index (κ3) is 5.34. The number of amides is 1. The van der Waals surface area contributed by atoms with Gasteiger partial charge in [0.25, 0.3) is 0 Å². The van der Waals surface area contributed by atoms with E-state index in [1.165, 1.54) is 12.1 Å². The Balaban J connectivity index is 1.71. The Morgan fingerprint density at radius 1 is 1.12 bits per heavy atom. The van der Waals surface area contributed by atoms with Gasteiger partial charge in [0, 0.05) is 37.6 Å². The predicted molar refractivity (Wildman–Crippen MR) is 93.6 cm³/mol. The average molecular weight is 347 g/mol. The maximum atomic E-state index is 12.1. The van der Waals surface area contributed by atoms with E-state index in [4.69, 9.17) is 0 Å². The number of benzene rings is 1. The minimum Gasteiger partial charge on any atom is -0.383 e. The fourth-order valence-electron chi connectivity index (χ4n) is 2.13. The number of sulfone groups is 1. The SMILES string of the molecule is Cc1cnccc1NCCNC(=O)CCS(=O)(=O)c1ccccc1. The van der Waals surface area contributed by atoms with Crippen molar-refractivity contribution >= 4 is 21.4 Å². The van der Waals surface area contributed by atoms with Crippen LogP contribution in [0.15, 0.2) is 53.7 Å². The van der Waals surface area contributed by atoms with Crippen LogP contribution in [0.5, 0.6) is 0 Å². The molecule has 6 nitrogen and oxygen atoms in total. The summed E-state index contributed by atoms with van der Waals surface area (Å²) in [5.74, 6) is -0.470. The minimum atomic E-state index is -3.42.